The molecule has 0 saturated carbocycles. The van der Waals surface area contributed by atoms with Gasteiger partial charge >= 0.3 is 0 Å². The molecule has 0 bridgehead atoms. The van der Waals surface area contributed by atoms with Crippen LogP contribution < -0.4 is 0 Å². The van der Waals surface area contributed by atoms with E-state index in [1.54, 1.807) is 6.07 Å². The van der Waals surface area contributed by atoms with E-state index >= 15 is 0 Å². The first-order chi connectivity index (χ1) is 10.6. The fourth-order valence-electron chi connectivity index (χ4n) is 1.87. The second-order valence-electron chi connectivity index (χ2n) is 4.47. The molecule has 2 aromatic carbocycles. The molecule has 112 valence electrons. The Kier molecular flexibility index (Phi) is 4.93. The van der Waals surface area contributed by atoms with Gasteiger partial charge in [0, 0.05) is 21.4 Å². The molecule has 3 rings (SSSR count). The SMILES string of the molecule is Clc1ccc(CSc2n[nH]c(-c3ccccc3Cl)n2)c(Cl)c1. The number of rotatable bonds is 4. The van der Waals surface area contributed by atoms with E-state index in [1.807, 2.05) is 36.4 Å². The maximum atomic E-state index is 6.15. The van der Waals surface area contributed by atoms with E-state index in [2.05, 4.69) is 15.2 Å². The van der Waals surface area contributed by atoms with Crippen LogP contribution >= 0.6 is 46.6 Å². The molecule has 0 unspecified atom stereocenters. The number of hydrogen-bond donors (Lipinski definition) is 1. The van der Waals surface area contributed by atoms with E-state index in [-0.39, 0.29) is 0 Å². The largest absolute Gasteiger partial charge is 0.258 e. The maximum absolute atomic E-state index is 6.15. The molecule has 0 atom stereocenters. The van der Waals surface area contributed by atoms with Crippen molar-refractivity contribution < 1.29 is 0 Å². The number of thioether (sulfide) groups is 1. The lowest BCUT2D eigenvalue weighted by atomic mass is 10.2. The normalized spacial score (nSPS) is 10.9. The third-order valence-corrected chi connectivity index (χ3v) is 4.78. The minimum Gasteiger partial charge on any atom is -0.258 e. The van der Waals surface area contributed by atoms with E-state index < -0.39 is 0 Å². The number of aromatic nitrogens is 3. The number of halogens is 3. The van der Waals surface area contributed by atoms with Gasteiger partial charge in [-0.05, 0) is 29.8 Å². The van der Waals surface area contributed by atoms with Crippen LogP contribution in [0.2, 0.25) is 15.1 Å². The minimum absolute atomic E-state index is 0.623. The van der Waals surface area contributed by atoms with E-state index in [9.17, 15) is 0 Å². The van der Waals surface area contributed by atoms with Crippen LogP contribution in [-0.2, 0) is 5.75 Å². The number of aromatic amines is 1. The second-order valence-corrected chi connectivity index (χ2v) is 6.66. The number of nitrogens with zero attached hydrogens (tertiary/aromatic N) is 2. The van der Waals surface area contributed by atoms with E-state index in [0.717, 1.165) is 11.1 Å². The highest BCUT2D eigenvalue weighted by Crippen LogP contribution is 2.29. The zero-order valence-electron chi connectivity index (χ0n) is 11.2. The Morgan fingerprint density at radius 3 is 2.59 bits per heavy atom. The molecular formula is C15H10Cl3N3S. The summed E-state index contributed by atoms with van der Waals surface area (Å²) in [5.41, 5.74) is 1.81. The molecular weight excluding hydrogens is 361 g/mol. The minimum atomic E-state index is 0.623. The van der Waals surface area contributed by atoms with Crippen LogP contribution in [0.15, 0.2) is 47.6 Å². The standard InChI is InChI=1S/C15H10Cl3N3S/c16-10-6-5-9(13(18)7-10)8-22-15-19-14(20-21-15)11-3-1-2-4-12(11)17/h1-7H,8H2,(H,19,20,21). The summed E-state index contributed by atoms with van der Waals surface area (Å²) in [5, 5.41) is 9.64. The van der Waals surface area contributed by atoms with E-state index in [1.165, 1.54) is 11.8 Å². The van der Waals surface area contributed by atoms with Crippen molar-refractivity contribution in [3.8, 4) is 11.4 Å². The van der Waals surface area contributed by atoms with Gasteiger partial charge in [0.2, 0.25) is 5.16 Å². The zero-order valence-corrected chi connectivity index (χ0v) is 14.3. The second kappa shape index (κ2) is 6.92. The van der Waals surface area contributed by atoms with Gasteiger partial charge in [-0.2, -0.15) is 0 Å². The fraction of sp³-hybridized carbons (Fsp3) is 0.0667. The molecule has 0 aliphatic rings. The van der Waals surface area contributed by atoms with Crippen LogP contribution in [0.25, 0.3) is 11.4 Å². The van der Waals surface area contributed by atoms with Crippen molar-refractivity contribution >= 4 is 46.6 Å². The molecule has 0 saturated heterocycles. The number of benzene rings is 2. The number of nitrogens with one attached hydrogen (secondary N) is 1. The zero-order chi connectivity index (χ0) is 15.5. The molecule has 0 aliphatic carbocycles. The smallest absolute Gasteiger partial charge is 0.209 e. The van der Waals surface area contributed by atoms with Crippen molar-refractivity contribution in [1.82, 2.24) is 15.2 Å². The molecule has 0 amide bonds. The molecule has 1 N–H and O–H groups in total. The van der Waals surface area contributed by atoms with Crippen LogP contribution in [0.5, 0.6) is 0 Å². The van der Waals surface area contributed by atoms with Crippen molar-refractivity contribution in [3.63, 3.8) is 0 Å². The lowest BCUT2D eigenvalue weighted by molar-refractivity contribution is 0.973. The van der Waals surface area contributed by atoms with Crippen molar-refractivity contribution in [2.24, 2.45) is 0 Å². The summed E-state index contributed by atoms with van der Waals surface area (Å²) in [7, 11) is 0. The van der Waals surface area contributed by atoms with Gasteiger partial charge in [-0.1, -0.05) is 64.8 Å². The molecule has 0 fully saturated rings. The summed E-state index contributed by atoms with van der Waals surface area (Å²) in [4.78, 5) is 4.45. The van der Waals surface area contributed by atoms with Crippen molar-refractivity contribution in [1.29, 1.82) is 0 Å². The average Bonchev–Trinajstić information content (AvgIpc) is 2.95. The van der Waals surface area contributed by atoms with Crippen LogP contribution in [0.4, 0.5) is 0 Å². The molecule has 0 spiro atoms. The van der Waals surface area contributed by atoms with Gasteiger partial charge in [-0.25, -0.2) is 4.98 Å². The first-order valence-corrected chi connectivity index (χ1v) is 8.49. The molecule has 1 heterocycles. The van der Waals surface area contributed by atoms with Gasteiger partial charge in [-0.15, -0.1) is 5.10 Å². The van der Waals surface area contributed by atoms with Crippen LogP contribution in [0, 0.1) is 0 Å². The van der Waals surface area contributed by atoms with Crippen LogP contribution in [-0.4, -0.2) is 15.2 Å². The highest BCUT2D eigenvalue weighted by Gasteiger charge is 2.10. The average molecular weight is 371 g/mol. The Labute approximate surface area is 147 Å². The number of H-pyrrole nitrogens is 1. The summed E-state index contributed by atoms with van der Waals surface area (Å²) >= 11 is 19.7. The van der Waals surface area contributed by atoms with E-state index in [4.69, 9.17) is 34.8 Å². The first-order valence-electron chi connectivity index (χ1n) is 6.37. The first kappa shape index (κ1) is 15.7. The Bertz CT molecular complexity index is 804. The monoisotopic (exact) mass is 369 g/mol. The Hall–Kier alpha value is -1.20. The van der Waals surface area contributed by atoms with Gasteiger partial charge in [0.1, 0.15) is 0 Å². The predicted molar refractivity (Wildman–Crippen MR) is 92.9 cm³/mol. The third-order valence-electron chi connectivity index (χ3n) is 2.97. The molecule has 0 aliphatic heterocycles. The summed E-state index contributed by atoms with van der Waals surface area (Å²) in [6.45, 7) is 0. The molecule has 3 aromatic rings. The molecule has 22 heavy (non-hydrogen) atoms. The maximum Gasteiger partial charge on any atom is 0.209 e. The lowest BCUT2D eigenvalue weighted by Gasteiger charge is -2.02. The highest BCUT2D eigenvalue weighted by atomic mass is 35.5. The number of hydrogen-bond acceptors (Lipinski definition) is 3. The van der Waals surface area contributed by atoms with Gasteiger partial charge in [0.05, 0.1) is 5.02 Å². The molecule has 0 radical (unpaired) electrons. The molecule has 7 heteroatoms. The summed E-state index contributed by atoms with van der Waals surface area (Å²) in [5.74, 6) is 1.31. The topological polar surface area (TPSA) is 41.6 Å². The summed E-state index contributed by atoms with van der Waals surface area (Å²) in [6, 6.07) is 12.9. The Balaban J connectivity index is 1.74. The third kappa shape index (κ3) is 3.58. The molecule has 1 aromatic heterocycles. The van der Waals surface area contributed by atoms with Crippen molar-refractivity contribution in [2.45, 2.75) is 10.9 Å². The summed E-state index contributed by atoms with van der Waals surface area (Å²) < 4.78 is 0. The van der Waals surface area contributed by atoms with Gasteiger partial charge in [-0.3, -0.25) is 5.10 Å². The van der Waals surface area contributed by atoms with E-state index in [0.29, 0.717) is 31.8 Å². The Morgan fingerprint density at radius 2 is 1.82 bits per heavy atom. The lowest BCUT2D eigenvalue weighted by Crippen LogP contribution is -1.84. The van der Waals surface area contributed by atoms with Gasteiger partial charge < -0.3 is 0 Å². The van der Waals surface area contributed by atoms with Crippen molar-refractivity contribution in [3.05, 3.63) is 63.1 Å². The van der Waals surface area contributed by atoms with Crippen molar-refractivity contribution in [2.75, 3.05) is 0 Å². The highest BCUT2D eigenvalue weighted by molar-refractivity contribution is 7.98. The quantitative estimate of drug-likeness (QED) is 0.597. The predicted octanol–water partition coefficient (Wildman–Crippen LogP) is 5.72. The fourth-order valence-corrected chi connectivity index (χ4v) is 3.45. The van der Waals surface area contributed by atoms with Gasteiger partial charge in [0.25, 0.3) is 0 Å². The van der Waals surface area contributed by atoms with Crippen LogP contribution in [0.3, 0.4) is 0 Å². The van der Waals surface area contributed by atoms with Gasteiger partial charge in [0.15, 0.2) is 5.82 Å². The molecule has 3 nitrogen and oxygen atoms in total. The Morgan fingerprint density at radius 1 is 1.00 bits per heavy atom. The van der Waals surface area contributed by atoms with Crippen LogP contribution in [0.1, 0.15) is 5.56 Å². The summed E-state index contributed by atoms with van der Waals surface area (Å²) in [6.07, 6.45) is 0.